The average Bonchev–Trinajstić information content (AvgIpc) is 2.70. The fourth-order valence-corrected chi connectivity index (χ4v) is 3.34. The quantitative estimate of drug-likeness (QED) is 0.707. The van der Waals surface area contributed by atoms with E-state index in [9.17, 15) is 4.79 Å². The summed E-state index contributed by atoms with van der Waals surface area (Å²) in [6.45, 7) is 0.688. The van der Waals surface area contributed by atoms with Crippen LogP contribution in [0.4, 0.5) is 5.82 Å². The number of anilines is 1. The third kappa shape index (κ3) is 3.53. The predicted molar refractivity (Wildman–Crippen MR) is 112 cm³/mol. The number of nitrogens with zero attached hydrogens (tertiary/aromatic N) is 3. The normalized spacial score (nSPS) is 11.1. The number of fused-ring (bicyclic) bond motifs is 1. The fourth-order valence-electron chi connectivity index (χ4n) is 3.34. The smallest absolute Gasteiger partial charge is 0.258 e. The van der Waals surface area contributed by atoms with Crippen LogP contribution in [-0.4, -0.2) is 49.8 Å². The third-order valence-electron chi connectivity index (χ3n) is 4.72. The molecule has 0 amide bonds. The summed E-state index contributed by atoms with van der Waals surface area (Å²) in [7, 11) is 10.8. The minimum absolute atomic E-state index is 0.0687. The van der Waals surface area contributed by atoms with Gasteiger partial charge in [0, 0.05) is 44.0 Å². The zero-order valence-electron chi connectivity index (χ0n) is 17.2. The summed E-state index contributed by atoms with van der Waals surface area (Å²) in [6, 6.07) is 5.73. The summed E-state index contributed by atoms with van der Waals surface area (Å²) in [5.41, 5.74) is 2.69. The number of aromatic nitrogens is 2. The van der Waals surface area contributed by atoms with Crippen molar-refractivity contribution in [3.8, 4) is 22.6 Å². The van der Waals surface area contributed by atoms with Gasteiger partial charge in [-0.25, -0.2) is 4.98 Å². The van der Waals surface area contributed by atoms with Crippen LogP contribution < -0.4 is 20.3 Å². The van der Waals surface area contributed by atoms with Crippen molar-refractivity contribution < 1.29 is 9.47 Å². The molecule has 0 atom stereocenters. The van der Waals surface area contributed by atoms with Gasteiger partial charge in [-0.3, -0.25) is 4.79 Å². The van der Waals surface area contributed by atoms with Crippen LogP contribution in [0.5, 0.6) is 11.5 Å². The molecule has 0 aliphatic heterocycles. The Kier molecular flexibility index (Phi) is 5.56. The van der Waals surface area contributed by atoms with Crippen molar-refractivity contribution in [2.75, 3.05) is 40.7 Å². The number of benzene rings is 1. The van der Waals surface area contributed by atoms with Gasteiger partial charge in [-0.2, -0.15) is 0 Å². The van der Waals surface area contributed by atoms with E-state index in [2.05, 4.69) is 15.2 Å². The summed E-state index contributed by atoms with van der Waals surface area (Å²) in [5, 5.41) is 4.37. The van der Waals surface area contributed by atoms with Crippen molar-refractivity contribution in [3.63, 3.8) is 0 Å². The van der Waals surface area contributed by atoms with E-state index in [1.807, 2.05) is 32.4 Å². The molecule has 0 radical (unpaired) electrons. The molecule has 3 rings (SSSR count). The van der Waals surface area contributed by atoms with Gasteiger partial charge in [0.1, 0.15) is 17.3 Å². The first kappa shape index (κ1) is 19.7. The summed E-state index contributed by atoms with van der Waals surface area (Å²) in [6.07, 6.45) is 3.55. The highest BCUT2D eigenvalue weighted by atomic mass is 16.5. The van der Waals surface area contributed by atoms with Crippen molar-refractivity contribution in [1.82, 2.24) is 14.5 Å². The van der Waals surface area contributed by atoms with Gasteiger partial charge >= 0.3 is 0 Å². The van der Waals surface area contributed by atoms with Gasteiger partial charge in [-0.1, -0.05) is 0 Å². The zero-order valence-corrected chi connectivity index (χ0v) is 17.2. The summed E-state index contributed by atoms with van der Waals surface area (Å²) in [5.74, 6) is 2.13. The molecule has 28 heavy (non-hydrogen) atoms. The molecule has 0 bridgehead atoms. The monoisotopic (exact) mass is 382 g/mol. The molecule has 7 nitrogen and oxygen atoms in total. The molecule has 2 heterocycles. The number of aryl methyl sites for hydroxylation is 1. The highest BCUT2D eigenvalue weighted by Gasteiger charge is 2.17. The SMILES string of the molecule is CNc1cc2c(=O)n(C)cc(-c3cc(OC)c(CN(C)C)c(OC)c3)c2cn1. The Bertz CT molecular complexity index is 1050. The van der Waals surface area contributed by atoms with Crippen molar-refractivity contribution in [2.45, 2.75) is 6.54 Å². The second-order valence-electron chi connectivity index (χ2n) is 6.92. The van der Waals surface area contributed by atoms with Crippen LogP contribution in [0.25, 0.3) is 21.9 Å². The molecule has 148 valence electrons. The molecule has 0 spiro atoms. The van der Waals surface area contributed by atoms with Gasteiger partial charge in [0.15, 0.2) is 0 Å². The van der Waals surface area contributed by atoms with E-state index in [0.717, 1.165) is 33.6 Å². The molecule has 1 N–H and O–H groups in total. The Hall–Kier alpha value is -3.06. The van der Waals surface area contributed by atoms with E-state index >= 15 is 0 Å². The van der Waals surface area contributed by atoms with Gasteiger partial charge < -0.3 is 24.3 Å². The maximum absolute atomic E-state index is 12.7. The van der Waals surface area contributed by atoms with Gasteiger partial charge in [0.2, 0.25) is 0 Å². The first-order valence-electron chi connectivity index (χ1n) is 8.96. The Balaban J connectivity index is 2.30. The minimum Gasteiger partial charge on any atom is -0.496 e. The van der Waals surface area contributed by atoms with E-state index in [-0.39, 0.29) is 5.56 Å². The molecular formula is C21H26N4O3. The van der Waals surface area contributed by atoms with E-state index in [1.165, 1.54) is 0 Å². The Morgan fingerprint density at radius 3 is 2.29 bits per heavy atom. The van der Waals surface area contributed by atoms with Gasteiger partial charge in [0.05, 0.1) is 25.2 Å². The molecule has 0 saturated carbocycles. The molecule has 0 unspecified atom stereocenters. The van der Waals surface area contributed by atoms with Gasteiger partial charge in [0.25, 0.3) is 5.56 Å². The molecule has 3 aromatic rings. The molecule has 2 aromatic heterocycles. The molecule has 0 fully saturated rings. The topological polar surface area (TPSA) is 68.6 Å². The largest absolute Gasteiger partial charge is 0.496 e. The first-order valence-corrected chi connectivity index (χ1v) is 8.96. The van der Waals surface area contributed by atoms with E-state index < -0.39 is 0 Å². The predicted octanol–water partition coefficient (Wildman–Crippen LogP) is 2.72. The molecule has 0 aliphatic carbocycles. The maximum Gasteiger partial charge on any atom is 0.258 e. The highest BCUT2D eigenvalue weighted by Crippen LogP contribution is 2.37. The van der Waals surface area contributed by atoms with E-state index in [0.29, 0.717) is 17.7 Å². The lowest BCUT2D eigenvalue weighted by molar-refractivity contribution is 0.349. The summed E-state index contributed by atoms with van der Waals surface area (Å²) >= 11 is 0. The second kappa shape index (κ2) is 7.90. The van der Waals surface area contributed by atoms with Crippen molar-refractivity contribution in [3.05, 3.63) is 46.5 Å². The number of hydrogen-bond acceptors (Lipinski definition) is 6. The molecule has 1 aromatic carbocycles. The Labute approximate surface area is 164 Å². The second-order valence-corrected chi connectivity index (χ2v) is 6.92. The van der Waals surface area contributed by atoms with Crippen molar-refractivity contribution in [2.24, 2.45) is 7.05 Å². The number of rotatable bonds is 6. The van der Waals surface area contributed by atoms with Gasteiger partial charge in [-0.05, 0) is 37.9 Å². The highest BCUT2D eigenvalue weighted by molar-refractivity contribution is 5.96. The summed E-state index contributed by atoms with van der Waals surface area (Å²) in [4.78, 5) is 19.1. The van der Waals surface area contributed by atoms with Crippen LogP contribution in [0, 0.1) is 0 Å². The Morgan fingerprint density at radius 2 is 1.75 bits per heavy atom. The number of methoxy groups -OCH3 is 2. The number of pyridine rings is 2. The minimum atomic E-state index is -0.0687. The maximum atomic E-state index is 12.7. The van der Waals surface area contributed by atoms with Crippen LogP contribution >= 0.6 is 0 Å². The van der Waals surface area contributed by atoms with Crippen LogP contribution in [0.2, 0.25) is 0 Å². The lowest BCUT2D eigenvalue weighted by atomic mass is 9.99. The lowest BCUT2D eigenvalue weighted by Crippen LogP contribution is -2.17. The van der Waals surface area contributed by atoms with Crippen LogP contribution in [-0.2, 0) is 13.6 Å². The third-order valence-corrected chi connectivity index (χ3v) is 4.72. The fraction of sp³-hybridized carbons (Fsp3) is 0.333. The van der Waals surface area contributed by atoms with Crippen LogP contribution in [0.3, 0.4) is 0 Å². The molecule has 7 heteroatoms. The van der Waals surface area contributed by atoms with Crippen molar-refractivity contribution >= 4 is 16.6 Å². The first-order chi connectivity index (χ1) is 13.4. The molecular weight excluding hydrogens is 356 g/mol. The van der Waals surface area contributed by atoms with Crippen molar-refractivity contribution in [1.29, 1.82) is 0 Å². The van der Waals surface area contributed by atoms with Gasteiger partial charge in [-0.15, -0.1) is 0 Å². The zero-order chi connectivity index (χ0) is 20.4. The molecule has 0 saturated heterocycles. The Morgan fingerprint density at radius 1 is 1.11 bits per heavy atom. The summed E-state index contributed by atoms with van der Waals surface area (Å²) < 4.78 is 12.9. The van der Waals surface area contributed by atoms with Crippen LogP contribution in [0.1, 0.15) is 5.56 Å². The lowest BCUT2D eigenvalue weighted by Gasteiger charge is -2.19. The number of hydrogen-bond donors (Lipinski definition) is 1. The number of nitrogens with one attached hydrogen (secondary N) is 1. The average molecular weight is 382 g/mol. The van der Waals surface area contributed by atoms with Crippen LogP contribution in [0.15, 0.2) is 35.4 Å². The molecule has 0 aliphatic rings. The van der Waals surface area contributed by atoms with E-state index in [4.69, 9.17) is 9.47 Å². The number of ether oxygens (including phenoxy) is 2. The van der Waals surface area contributed by atoms with E-state index in [1.54, 1.807) is 45.1 Å². The standard InChI is InChI=1S/C21H26N4O3/c1-22-20-9-14-15(10-23-20)16(12-25(4)21(14)26)13-7-18(27-5)17(11-24(2)3)19(8-13)28-6/h7-10,12H,11H2,1-6H3,(H,22,23).